The Morgan fingerprint density at radius 2 is 0.806 bits per heavy atom. The first-order chi connectivity index (χ1) is 17.5. The Bertz CT molecular complexity index is 1220. The van der Waals surface area contributed by atoms with E-state index in [1.165, 1.54) is 45.8 Å². The van der Waals surface area contributed by atoms with Gasteiger partial charge in [-0.1, -0.05) is 72.8 Å². The molecule has 0 unspecified atom stereocenters. The molecule has 0 aliphatic carbocycles. The van der Waals surface area contributed by atoms with E-state index in [0.29, 0.717) is 0 Å². The van der Waals surface area contributed by atoms with Gasteiger partial charge in [-0.15, -0.1) is 70.8 Å². The minimum absolute atomic E-state index is 0.0718. The maximum Gasteiger partial charge on any atom is -0.0623 e. The van der Waals surface area contributed by atoms with Crippen LogP contribution in [0.3, 0.4) is 0 Å². The molecule has 0 radical (unpaired) electrons. The van der Waals surface area contributed by atoms with Crippen LogP contribution in [0.25, 0.3) is 21.5 Å². The zero-order chi connectivity index (χ0) is 26.0. The molecular weight excluding hydrogens is 536 g/mol. The van der Waals surface area contributed by atoms with Crippen molar-refractivity contribution >= 4 is 27.0 Å². The van der Waals surface area contributed by atoms with Crippen molar-refractivity contribution in [3.05, 3.63) is 146 Å². The molecule has 0 N–H and O–H groups in total. The molecule has 2 nitrogen and oxygen atoms in total. The summed E-state index contributed by atoms with van der Waals surface area (Å²) >= 11 is 1.74. The third-order valence-corrected chi connectivity index (χ3v) is 4.58. The Labute approximate surface area is 229 Å². The number of rotatable bonds is 0. The summed E-state index contributed by atoms with van der Waals surface area (Å²) in [7, 11) is 0. The van der Waals surface area contributed by atoms with Crippen molar-refractivity contribution in [2.45, 2.75) is 13.1 Å². The average Bonchev–Trinajstić information content (AvgIpc) is 3.56. The Balaban J connectivity index is 0.000000162. The largest absolute Gasteiger partial charge is 0.872 e. The predicted molar refractivity (Wildman–Crippen MR) is 148 cm³/mol. The molecule has 0 bridgehead atoms. The fourth-order valence-corrected chi connectivity index (χ4v) is 2.98. The van der Waals surface area contributed by atoms with Crippen LogP contribution in [0.5, 0.6) is 11.5 Å². The molecule has 36 heavy (non-hydrogen) atoms. The molecule has 0 amide bonds. The molecule has 0 saturated carbocycles. The van der Waals surface area contributed by atoms with Crippen LogP contribution >= 0.6 is 0 Å². The molecule has 6 rings (SSSR count). The smallest absolute Gasteiger partial charge is 0.0623 e. The van der Waals surface area contributed by atoms with Gasteiger partial charge in [0.2, 0.25) is 0 Å². The number of fused-ring (bicyclic) bond motifs is 2. The quantitative estimate of drug-likeness (QED) is 0.142. The molecule has 6 aromatic carbocycles. The van der Waals surface area contributed by atoms with E-state index < -0.39 is 0 Å². The van der Waals surface area contributed by atoms with Gasteiger partial charge in [-0.3, -0.25) is 0 Å². The Morgan fingerprint density at radius 1 is 0.500 bits per heavy atom. The van der Waals surface area contributed by atoms with Gasteiger partial charge in [0, 0.05) is 0 Å². The second-order valence-corrected chi connectivity index (χ2v) is 17.3. The van der Waals surface area contributed by atoms with E-state index in [1.54, 1.807) is 47.6 Å². The van der Waals surface area contributed by atoms with Crippen LogP contribution in [0.1, 0.15) is 0 Å². The van der Waals surface area contributed by atoms with Gasteiger partial charge in [-0.05, 0) is 0 Å². The van der Waals surface area contributed by atoms with Gasteiger partial charge in [0.25, 0.3) is 0 Å². The maximum atomic E-state index is 10.3. The van der Waals surface area contributed by atoms with Gasteiger partial charge >= 0.3 is 41.9 Å². The molecule has 0 atom stereocenters. The average molecular weight is 566 g/mol. The number of hydrogen-bond donors (Lipinski definition) is 0. The van der Waals surface area contributed by atoms with Crippen LogP contribution < -0.4 is 10.2 Å². The van der Waals surface area contributed by atoms with E-state index in [0.717, 1.165) is 0 Å². The van der Waals surface area contributed by atoms with Crippen LogP contribution in [0, 0.1) is 0 Å². The summed E-state index contributed by atoms with van der Waals surface area (Å²) in [6, 6.07) is 46.0. The fraction of sp³-hybridized carbons (Fsp3) is 0.0625. The van der Waals surface area contributed by atoms with E-state index in [1.807, 2.05) is 12.1 Å². The SMILES string of the molecule is C[Si](C)=[Zr+2].[O-]c1ccccc1.[O-]c1ccccc1.c1ccc2[cH-]ccc2c1.c1ccc2[cH-]ccc2c1. The van der Waals surface area contributed by atoms with Gasteiger partial charge in [0.1, 0.15) is 0 Å². The number of benzene rings is 4. The van der Waals surface area contributed by atoms with Gasteiger partial charge in [-0.2, -0.15) is 35.0 Å². The summed E-state index contributed by atoms with van der Waals surface area (Å²) in [6.45, 7) is 4.62. The van der Waals surface area contributed by atoms with E-state index in [-0.39, 0.29) is 16.9 Å². The van der Waals surface area contributed by atoms with Crippen molar-refractivity contribution in [3.63, 3.8) is 0 Å². The van der Waals surface area contributed by atoms with Crippen LogP contribution in [0.15, 0.2) is 146 Å². The van der Waals surface area contributed by atoms with Gasteiger partial charge < -0.3 is 10.2 Å². The second-order valence-electron chi connectivity index (χ2n) is 7.94. The van der Waals surface area contributed by atoms with Gasteiger partial charge in [0.05, 0.1) is 0 Å². The van der Waals surface area contributed by atoms with E-state index in [2.05, 4.69) is 98.0 Å². The van der Waals surface area contributed by atoms with Gasteiger partial charge in [0.15, 0.2) is 0 Å². The first kappa shape index (κ1) is 29.0. The molecule has 180 valence electrons. The second kappa shape index (κ2) is 17.3. The molecule has 0 saturated heterocycles. The zero-order valence-electron chi connectivity index (χ0n) is 20.7. The standard InChI is InChI=1S/2C9H7.2C6H6O.C2H6Si.Zr/c2*1-2-5-9-7-3-6-8(9)4-1;2*7-6-4-2-1-3-5-6;1-3-2;/h2*1-7H;2*1-5,7H;1-2H3;/q2*-1;;;;+2/p-2. The van der Waals surface area contributed by atoms with Crippen molar-refractivity contribution in [1.29, 1.82) is 0 Å². The minimum atomic E-state index is 0.0718. The van der Waals surface area contributed by atoms with Crippen molar-refractivity contribution in [2.75, 3.05) is 0 Å². The molecule has 6 aromatic rings. The fourth-order valence-electron chi connectivity index (χ4n) is 2.98. The molecule has 0 fully saturated rings. The predicted octanol–water partition coefficient (Wildman–Crippen LogP) is 7.42. The van der Waals surface area contributed by atoms with Crippen molar-refractivity contribution in [2.24, 2.45) is 0 Å². The van der Waals surface area contributed by atoms with Crippen LogP contribution in [0.4, 0.5) is 0 Å². The monoisotopic (exact) mass is 564 g/mol. The summed E-state index contributed by atoms with van der Waals surface area (Å²) in [5, 5.41) is 25.9. The summed E-state index contributed by atoms with van der Waals surface area (Å²) in [5.41, 5.74) is 0.210. The van der Waals surface area contributed by atoms with Crippen molar-refractivity contribution < 1.29 is 33.5 Å². The summed E-state index contributed by atoms with van der Waals surface area (Å²) in [6.07, 6.45) is 0. The van der Waals surface area contributed by atoms with Crippen molar-refractivity contribution in [1.82, 2.24) is 0 Å². The minimum Gasteiger partial charge on any atom is -0.872 e. The van der Waals surface area contributed by atoms with E-state index in [9.17, 15) is 10.2 Å². The molecule has 0 heterocycles. The van der Waals surface area contributed by atoms with Gasteiger partial charge in [-0.25, -0.2) is 0 Å². The van der Waals surface area contributed by atoms with Crippen molar-refractivity contribution in [3.8, 4) is 11.5 Å². The molecule has 0 spiro atoms. The van der Waals surface area contributed by atoms with Crippen LogP contribution in [-0.2, 0) is 23.3 Å². The first-order valence-electron chi connectivity index (χ1n) is 11.6. The van der Waals surface area contributed by atoms with E-state index in [4.69, 9.17) is 0 Å². The molecular formula is C32H30O2SiZr-2. The molecule has 0 aromatic heterocycles. The zero-order valence-corrected chi connectivity index (χ0v) is 24.1. The Morgan fingerprint density at radius 3 is 1.08 bits per heavy atom. The molecule has 0 aliphatic heterocycles. The van der Waals surface area contributed by atoms with Crippen LogP contribution in [-0.4, -0.2) is 5.43 Å². The molecule has 4 heteroatoms. The Hall–Kier alpha value is -3.20. The summed E-state index contributed by atoms with van der Waals surface area (Å²) in [5.74, 6) is 0.144. The number of para-hydroxylation sites is 2. The normalized spacial score (nSPS) is 9.22. The topological polar surface area (TPSA) is 46.1 Å². The van der Waals surface area contributed by atoms with Crippen LogP contribution in [0.2, 0.25) is 13.1 Å². The first-order valence-corrected chi connectivity index (χ1v) is 17.8. The maximum absolute atomic E-state index is 10.3. The Kier molecular flexibility index (Phi) is 13.9. The summed E-state index contributed by atoms with van der Waals surface area (Å²) in [4.78, 5) is 0. The summed E-state index contributed by atoms with van der Waals surface area (Å²) < 4.78 is 0. The number of hydrogen-bond acceptors (Lipinski definition) is 2. The third kappa shape index (κ3) is 12.5. The third-order valence-electron chi connectivity index (χ3n) is 4.58. The van der Waals surface area contributed by atoms with E-state index >= 15 is 0 Å². The molecule has 0 aliphatic rings.